The van der Waals surface area contributed by atoms with Crippen LogP contribution in [-0.4, -0.2) is 18.5 Å². The number of nitrogens with two attached hydrogens (primary N) is 3. The first-order valence-electron chi connectivity index (χ1n) is 6.98. The van der Waals surface area contributed by atoms with E-state index in [2.05, 4.69) is 9.98 Å². The zero-order valence-corrected chi connectivity index (χ0v) is 12.4. The number of para-hydroxylation sites is 1. The van der Waals surface area contributed by atoms with Crippen molar-refractivity contribution >= 4 is 23.3 Å². The summed E-state index contributed by atoms with van der Waals surface area (Å²) < 4.78 is 5.41. The summed E-state index contributed by atoms with van der Waals surface area (Å²) in [7, 11) is 0. The van der Waals surface area contributed by atoms with Gasteiger partial charge in [-0.05, 0) is 31.2 Å². The smallest absolute Gasteiger partial charge is 0.304 e. The molecule has 6 N–H and O–H groups in total. The van der Waals surface area contributed by atoms with Crippen LogP contribution < -0.4 is 21.5 Å². The monoisotopic (exact) mass is 298 g/mol. The summed E-state index contributed by atoms with van der Waals surface area (Å²) >= 11 is 0. The van der Waals surface area contributed by atoms with Crippen LogP contribution in [0.2, 0.25) is 0 Å². The van der Waals surface area contributed by atoms with Gasteiger partial charge in [0, 0.05) is 6.07 Å². The Balaban J connectivity index is 2.08. The lowest BCUT2D eigenvalue weighted by Gasteiger charge is -2.03. The third-order valence-corrected chi connectivity index (χ3v) is 2.73. The molecule has 0 aromatic heterocycles. The van der Waals surface area contributed by atoms with E-state index in [0.717, 1.165) is 11.4 Å². The van der Waals surface area contributed by atoms with Crippen molar-refractivity contribution in [2.75, 3.05) is 6.61 Å². The maximum Gasteiger partial charge on any atom is 0.304 e. The van der Waals surface area contributed by atoms with Crippen LogP contribution in [0.15, 0.2) is 64.6 Å². The van der Waals surface area contributed by atoms with Crippen LogP contribution in [0.25, 0.3) is 0 Å². The molecule has 2 aromatic rings. The molecule has 2 aromatic carbocycles. The number of ether oxygens (including phenoxy) is 1. The van der Waals surface area contributed by atoms with Crippen LogP contribution in [0.1, 0.15) is 6.92 Å². The molecule has 0 aliphatic heterocycles. The van der Waals surface area contributed by atoms with E-state index in [-0.39, 0.29) is 5.96 Å². The fourth-order valence-corrected chi connectivity index (χ4v) is 1.85. The van der Waals surface area contributed by atoms with Crippen molar-refractivity contribution in [2.45, 2.75) is 6.92 Å². The van der Waals surface area contributed by atoms with Crippen molar-refractivity contribution in [1.82, 2.24) is 0 Å². The van der Waals surface area contributed by atoms with Gasteiger partial charge in [-0.15, -0.1) is 4.99 Å². The molecule has 0 saturated heterocycles. The van der Waals surface area contributed by atoms with Crippen molar-refractivity contribution in [2.24, 2.45) is 21.5 Å². The second-order valence-electron chi connectivity index (χ2n) is 4.49. The van der Waals surface area contributed by atoms with Gasteiger partial charge in [0.1, 0.15) is 11.4 Å². The summed E-state index contributed by atoms with van der Waals surface area (Å²) in [6.45, 7) is 2.52. The van der Waals surface area contributed by atoms with Gasteiger partial charge in [0.15, 0.2) is 0 Å². The first-order chi connectivity index (χ1) is 10.7. The fourth-order valence-electron chi connectivity index (χ4n) is 1.85. The number of guanidine groups is 2. The molecule has 0 amide bonds. The average Bonchev–Trinajstić information content (AvgIpc) is 2.48. The molecule has 22 heavy (non-hydrogen) atoms. The predicted molar refractivity (Wildman–Crippen MR) is 88.5 cm³/mol. The Hall–Kier alpha value is -2.86. The van der Waals surface area contributed by atoms with Gasteiger partial charge in [-0.1, -0.05) is 24.3 Å². The third-order valence-electron chi connectivity index (χ3n) is 2.73. The van der Waals surface area contributed by atoms with E-state index in [1.165, 1.54) is 0 Å². The quantitative estimate of drug-likeness (QED) is 0.449. The van der Waals surface area contributed by atoms with Gasteiger partial charge in [-0.2, -0.15) is 0 Å². The maximum atomic E-state index is 5.85. The minimum absolute atomic E-state index is 0.0957. The molecule has 6 nitrogen and oxygen atoms in total. The second-order valence-corrected chi connectivity index (χ2v) is 4.49. The van der Waals surface area contributed by atoms with Crippen LogP contribution in [-0.2, 0) is 0 Å². The summed E-state index contributed by atoms with van der Waals surface area (Å²) in [5.41, 5.74) is 13.3. The Kier molecular flexibility index (Phi) is 5.50. The van der Waals surface area contributed by atoms with E-state index in [1.807, 2.05) is 55.5 Å². The molecule has 6 heteroatoms. The Labute approximate surface area is 129 Å². The zero-order chi connectivity index (χ0) is 15.8. The van der Waals surface area contributed by atoms with Crippen LogP contribution in [0, 0.1) is 0 Å². The Morgan fingerprint density at radius 2 is 1.86 bits per heavy atom. The summed E-state index contributed by atoms with van der Waals surface area (Å²) in [6, 6.07) is 17.0. The Morgan fingerprint density at radius 3 is 2.59 bits per heavy atom. The number of nitrogens with zero attached hydrogens (tertiary/aromatic N) is 2. The molecule has 0 bridgehead atoms. The van der Waals surface area contributed by atoms with E-state index in [0.29, 0.717) is 18.3 Å². The van der Waals surface area contributed by atoms with Crippen molar-refractivity contribution in [3.8, 4) is 5.75 Å². The summed E-state index contributed by atoms with van der Waals surface area (Å²) in [4.78, 5) is 8.28. The minimum Gasteiger partial charge on any atom is -0.494 e. The number of hydrogen-bond donors (Lipinski definition) is 3. The van der Waals surface area contributed by atoms with Crippen molar-refractivity contribution < 1.29 is 10.1 Å². The van der Waals surface area contributed by atoms with Crippen molar-refractivity contribution in [3.05, 3.63) is 54.6 Å². The second kappa shape index (κ2) is 7.80. The number of quaternary nitrogens is 1. The normalized spacial score (nSPS) is 12.2. The Morgan fingerprint density at radius 1 is 1.09 bits per heavy atom. The lowest BCUT2D eigenvalue weighted by atomic mass is 10.3. The number of benzene rings is 2. The van der Waals surface area contributed by atoms with Gasteiger partial charge in [0.25, 0.3) is 0 Å². The predicted octanol–water partition coefficient (Wildman–Crippen LogP) is 1.24. The molecular formula is C16H20N5O+. The van der Waals surface area contributed by atoms with Crippen molar-refractivity contribution in [1.29, 1.82) is 0 Å². The highest BCUT2D eigenvalue weighted by atomic mass is 16.5. The molecule has 2 rings (SSSR count). The number of rotatable bonds is 4. The number of aliphatic imine (C=N–C) groups is 2. The van der Waals surface area contributed by atoms with E-state index in [9.17, 15) is 0 Å². The number of hydrogen-bond acceptors (Lipinski definition) is 2. The molecule has 0 radical (unpaired) electrons. The summed E-state index contributed by atoms with van der Waals surface area (Å²) in [6.07, 6.45) is 0. The van der Waals surface area contributed by atoms with Gasteiger partial charge >= 0.3 is 5.96 Å². The standard InChI is InChI=1S/C16H19N5O/c1-2-22-14-10-6-9-13(11-14)20-16(18)21-15(17)19-12-7-4-3-5-8-12/h3-11H,2H2,1H3,(H5,17,18,19,20,21)/p+1. The highest BCUT2D eigenvalue weighted by Gasteiger charge is 2.02. The maximum absolute atomic E-state index is 5.85. The van der Waals surface area contributed by atoms with E-state index in [1.54, 1.807) is 11.4 Å². The van der Waals surface area contributed by atoms with Crippen molar-refractivity contribution in [3.63, 3.8) is 0 Å². The van der Waals surface area contributed by atoms with Gasteiger partial charge in [0.2, 0.25) is 5.96 Å². The summed E-state index contributed by atoms with van der Waals surface area (Å²) in [5.74, 6) is 1.14. The molecule has 0 heterocycles. The van der Waals surface area contributed by atoms with Gasteiger partial charge in [-0.25, -0.2) is 10.3 Å². The molecule has 0 aliphatic carbocycles. The lowest BCUT2D eigenvalue weighted by Crippen LogP contribution is -2.85. The molecule has 0 atom stereocenters. The minimum atomic E-state index is 0.0957. The highest BCUT2D eigenvalue weighted by Crippen LogP contribution is 2.19. The van der Waals surface area contributed by atoms with Crippen LogP contribution in [0.3, 0.4) is 0 Å². The van der Waals surface area contributed by atoms with Crippen LogP contribution in [0.5, 0.6) is 5.75 Å². The van der Waals surface area contributed by atoms with Gasteiger partial charge in [-0.3, -0.25) is 0 Å². The fraction of sp³-hybridized carbons (Fsp3) is 0.125. The largest absolute Gasteiger partial charge is 0.494 e. The molecule has 0 saturated carbocycles. The van der Waals surface area contributed by atoms with Gasteiger partial charge < -0.3 is 16.2 Å². The van der Waals surface area contributed by atoms with Crippen LogP contribution in [0.4, 0.5) is 11.4 Å². The third kappa shape index (κ3) is 4.92. The Bertz CT molecular complexity index is 667. The lowest BCUT2D eigenvalue weighted by molar-refractivity contribution is -0.445. The van der Waals surface area contributed by atoms with Gasteiger partial charge in [0.05, 0.1) is 12.3 Å². The zero-order valence-electron chi connectivity index (χ0n) is 12.4. The highest BCUT2D eigenvalue weighted by molar-refractivity contribution is 5.91. The molecule has 0 unspecified atom stereocenters. The first kappa shape index (κ1) is 15.5. The van der Waals surface area contributed by atoms with E-state index in [4.69, 9.17) is 16.2 Å². The molecule has 0 fully saturated rings. The molecule has 0 aliphatic rings. The topological polar surface area (TPSA) is 103 Å². The molecule has 0 spiro atoms. The van der Waals surface area contributed by atoms with E-state index < -0.39 is 0 Å². The van der Waals surface area contributed by atoms with Crippen LogP contribution >= 0.6 is 0 Å². The molecule has 114 valence electrons. The SMILES string of the molecule is CCOc1cccc(N=C(N)N=C(N)[NH2+]c2ccccc2)c1. The summed E-state index contributed by atoms with van der Waals surface area (Å²) in [5, 5.41) is 1.74. The average molecular weight is 298 g/mol. The van der Waals surface area contributed by atoms with E-state index >= 15 is 0 Å². The molecular weight excluding hydrogens is 278 g/mol. The first-order valence-corrected chi connectivity index (χ1v) is 6.98.